The molecule has 15 heavy (non-hydrogen) atoms. The summed E-state index contributed by atoms with van der Waals surface area (Å²) in [6.07, 6.45) is 3.68. The summed E-state index contributed by atoms with van der Waals surface area (Å²) in [4.78, 5) is 4.21. The maximum atomic E-state index is 4.21. The van der Waals surface area contributed by atoms with Gasteiger partial charge in [-0.05, 0) is 40.5 Å². The van der Waals surface area contributed by atoms with E-state index in [0.717, 1.165) is 16.1 Å². The van der Waals surface area contributed by atoms with Crippen LogP contribution < -0.4 is 5.32 Å². The molecule has 0 radical (unpaired) electrons. The summed E-state index contributed by atoms with van der Waals surface area (Å²) in [5.41, 5.74) is 2.25. The number of aromatic nitrogens is 2. The van der Waals surface area contributed by atoms with Crippen LogP contribution in [0.25, 0.3) is 0 Å². The van der Waals surface area contributed by atoms with Gasteiger partial charge in [0.05, 0.1) is 5.69 Å². The lowest BCUT2D eigenvalue weighted by atomic mass is 10.2. The van der Waals surface area contributed by atoms with Crippen LogP contribution in [0, 0.1) is 6.92 Å². The summed E-state index contributed by atoms with van der Waals surface area (Å²) in [6, 6.07) is 6.18. The molecule has 0 amide bonds. The van der Waals surface area contributed by atoms with Gasteiger partial charge in [-0.15, -0.1) is 0 Å². The minimum absolute atomic E-state index is 0.833. The molecule has 1 heterocycles. The van der Waals surface area contributed by atoms with Crippen molar-refractivity contribution in [3.05, 3.63) is 40.6 Å². The first-order chi connectivity index (χ1) is 7.16. The average molecular weight is 266 g/mol. The van der Waals surface area contributed by atoms with Gasteiger partial charge in [0.25, 0.3) is 0 Å². The Morgan fingerprint density at radius 2 is 2.20 bits per heavy atom. The van der Waals surface area contributed by atoms with Gasteiger partial charge < -0.3 is 9.88 Å². The molecule has 0 saturated carbocycles. The molecule has 0 fully saturated rings. The second-order valence-corrected chi connectivity index (χ2v) is 4.32. The lowest BCUT2D eigenvalue weighted by Crippen LogP contribution is -1.99. The predicted molar refractivity (Wildman–Crippen MR) is 65.4 cm³/mol. The molecule has 1 N–H and O–H groups in total. The fourth-order valence-corrected chi connectivity index (χ4v) is 1.92. The average Bonchev–Trinajstić information content (AvgIpc) is 2.57. The molecule has 0 aliphatic heterocycles. The van der Waals surface area contributed by atoms with Crippen LogP contribution in [-0.4, -0.2) is 9.55 Å². The molecule has 1 aromatic carbocycles. The monoisotopic (exact) mass is 265 g/mol. The van der Waals surface area contributed by atoms with E-state index in [1.165, 1.54) is 5.56 Å². The molecule has 0 atom stereocenters. The summed E-state index contributed by atoms with van der Waals surface area (Å²) in [5, 5.41) is 3.25. The normalized spacial score (nSPS) is 10.3. The van der Waals surface area contributed by atoms with E-state index in [0.29, 0.717) is 0 Å². The Morgan fingerprint density at radius 3 is 2.80 bits per heavy atom. The van der Waals surface area contributed by atoms with Crippen molar-refractivity contribution in [3.8, 4) is 0 Å². The SMILES string of the molecule is Cc1ccc(Nc2nccn2C)c(Br)c1. The molecule has 0 spiro atoms. The van der Waals surface area contributed by atoms with Crippen LogP contribution in [-0.2, 0) is 7.05 Å². The zero-order valence-electron chi connectivity index (χ0n) is 8.66. The molecule has 2 rings (SSSR count). The third-order valence-electron chi connectivity index (χ3n) is 2.19. The van der Waals surface area contributed by atoms with E-state index < -0.39 is 0 Å². The van der Waals surface area contributed by atoms with E-state index in [4.69, 9.17) is 0 Å². The van der Waals surface area contributed by atoms with Crippen LogP contribution in [0.15, 0.2) is 35.1 Å². The van der Waals surface area contributed by atoms with E-state index in [9.17, 15) is 0 Å². The largest absolute Gasteiger partial charge is 0.325 e. The first-order valence-electron chi connectivity index (χ1n) is 4.67. The van der Waals surface area contributed by atoms with Crippen molar-refractivity contribution >= 4 is 27.6 Å². The van der Waals surface area contributed by atoms with Crippen molar-refractivity contribution in [2.75, 3.05) is 5.32 Å². The third kappa shape index (κ3) is 2.21. The molecule has 0 aliphatic carbocycles. The smallest absolute Gasteiger partial charge is 0.207 e. The fraction of sp³-hybridized carbons (Fsp3) is 0.182. The van der Waals surface area contributed by atoms with Gasteiger partial charge in [0.1, 0.15) is 0 Å². The van der Waals surface area contributed by atoms with Gasteiger partial charge in [0.15, 0.2) is 0 Å². The number of halogens is 1. The number of rotatable bonds is 2. The molecule has 0 bridgehead atoms. The van der Waals surface area contributed by atoms with Crippen molar-refractivity contribution in [1.29, 1.82) is 0 Å². The Labute approximate surface area is 97.3 Å². The van der Waals surface area contributed by atoms with Crippen LogP contribution in [0.4, 0.5) is 11.6 Å². The molecule has 2 aromatic rings. The van der Waals surface area contributed by atoms with Gasteiger partial charge >= 0.3 is 0 Å². The molecule has 1 aromatic heterocycles. The number of hydrogen-bond acceptors (Lipinski definition) is 2. The number of imidazole rings is 1. The number of benzene rings is 1. The van der Waals surface area contributed by atoms with Crippen LogP contribution in [0.3, 0.4) is 0 Å². The number of hydrogen-bond donors (Lipinski definition) is 1. The van der Waals surface area contributed by atoms with Crippen LogP contribution in [0.2, 0.25) is 0 Å². The van der Waals surface area contributed by atoms with Crippen LogP contribution in [0.5, 0.6) is 0 Å². The summed E-state index contributed by atoms with van der Waals surface area (Å²) < 4.78 is 2.98. The number of anilines is 2. The standard InChI is InChI=1S/C11H12BrN3/c1-8-3-4-10(9(12)7-8)14-11-13-5-6-15(11)2/h3-7H,1-2H3,(H,13,14). The second-order valence-electron chi connectivity index (χ2n) is 3.47. The minimum atomic E-state index is 0.833. The maximum Gasteiger partial charge on any atom is 0.207 e. The van der Waals surface area contributed by atoms with E-state index in [1.807, 2.05) is 23.9 Å². The molecule has 0 aliphatic rings. The molecular formula is C11H12BrN3. The van der Waals surface area contributed by atoms with Gasteiger partial charge in [-0.2, -0.15) is 0 Å². The zero-order chi connectivity index (χ0) is 10.8. The number of nitrogens with zero attached hydrogens (tertiary/aromatic N) is 2. The van der Waals surface area contributed by atoms with Gasteiger partial charge in [-0.3, -0.25) is 0 Å². The highest BCUT2D eigenvalue weighted by Crippen LogP contribution is 2.25. The lowest BCUT2D eigenvalue weighted by molar-refractivity contribution is 0.924. The molecule has 0 unspecified atom stereocenters. The van der Waals surface area contributed by atoms with Gasteiger partial charge in [0, 0.05) is 23.9 Å². The van der Waals surface area contributed by atoms with Crippen molar-refractivity contribution in [2.24, 2.45) is 7.05 Å². The summed E-state index contributed by atoms with van der Waals surface area (Å²) in [7, 11) is 1.96. The number of nitrogens with one attached hydrogen (secondary N) is 1. The van der Waals surface area contributed by atoms with E-state index in [2.05, 4.69) is 45.3 Å². The lowest BCUT2D eigenvalue weighted by Gasteiger charge is -2.08. The molecule has 3 nitrogen and oxygen atoms in total. The summed E-state index contributed by atoms with van der Waals surface area (Å²) >= 11 is 3.52. The highest BCUT2D eigenvalue weighted by molar-refractivity contribution is 9.10. The van der Waals surface area contributed by atoms with E-state index in [-0.39, 0.29) is 0 Å². The molecule has 78 valence electrons. The van der Waals surface area contributed by atoms with Crippen molar-refractivity contribution in [1.82, 2.24) is 9.55 Å². The quantitative estimate of drug-likeness (QED) is 0.904. The molecular weight excluding hydrogens is 254 g/mol. The van der Waals surface area contributed by atoms with Crippen molar-refractivity contribution < 1.29 is 0 Å². The first-order valence-corrected chi connectivity index (χ1v) is 5.46. The van der Waals surface area contributed by atoms with Gasteiger partial charge in [0.2, 0.25) is 5.95 Å². The minimum Gasteiger partial charge on any atom is -0.325 e. The highest BCUT2D eigenvalue weighted by Gasteiger charge is 2.03. The predicted octanol–water partition coefficient (Wildman–Crippen LogP) is 3.23. The first kappa shape index (κ1) is 10.2. The third-order valence-corrected chi connectivity index (χ3v) is 2.85. The Kier molecular flexibility index (Phi) is 2.77. The number of aryl methyl sites for hydroxylation is 2. The zero-order valence-corrected chi connectivity index (χ0v) is 10.2. The summed E-state index contributed by atoms with van der Waals surface area (Å²) in [5.74, 6) is 0.833. The molecule has 4 heteroatoms. The van der Waals surface area contributed by atoms with Crippen molar-refractivity contribution in [2.45, 2.75) is 6.92 Å². The van der Waals surface area contributed by atoms with Gasteiger partial charge in [-0.25, -0.2) is 4.98 Å². The van der Waals surface area contributed by atoms with Crippen LogP contribution >= 0.6 is 15.9 Å². The fourth-order valence-electron chi connectivity index (χ4n) is 1.33. The van der Waals surface area contributed by atoms with Gasteiger partial charge in [-0.1, -0.05) is 6.07 Å². The van der Waals surface area contributed by atoms with E-state index in [1.54, 1.807) is 6.20 Å². The Balaban J connectivity index is 2.29. The topological polar surface area (TPSA) is 29.9 Å². The maximum absolute atomic E-state index is 4.21. The molecule has 0 saturated heterocycles. The highest BCUT2D eigenvalue weighted by atomic mass is 79.9. The Hall–Kier alpha value is -1.29. The second kappa shape index (κ2) is 4.06. The van der Waals surface area contributed by atoms with Crippen LogP contribution in [0.1, 0.15) is 5.56 Å². The summed E-state index contributed by atoms with van der Waals surface area (Å²) in [6.45, 7) is 2.06. The Morgan fingerprint density at radius 1 is 1.40 bits per heavy atom. The van der Waals surface area contributed by atoms with E-state index >= 15 is 0 Å². The van der Waals surface area contributed by atoms with Crippen molar-refractivity contribution in [3.63, 3.8) is 0 Å². The Bertz CT molecular complexity index is 476.